The highest BCUT2D eigenvalue weighted by Crippen LogP contribution is 2.29. The first-order chi connectivity index (χ1) is 17.9. The minimum atomic E-state index is -0.616. The number of hydrogen-bond donors (Lipinski definition) is 3. The van der Waals surface area contributed by atoms with Crippen LogP contribution >= 0.6 is 0 Å². The normalized spacial score (nSPS) is 17.9. The van der Waals surface area contributed by atoms with E-state index in [1.54, 1.807) is 6.07 Å². The summed E-state index contributed by atoms with van der Waals surface area (Å²) in [5, 5.41) is 4.37. The van der Waals surface area contributed by atoms with Crippen molar-refractivity contribution in [1.29, 1.82) is 0 Å². The molecule has 0 saturated carbocycles. The predicted molar refractivity (Wildman–Crippen MR) is 143 cm³/mol. The van der Waals surface area contributed by atoms with Gasteiger partial charge in [0.05, 0.1) is 24.8 Å². The molecule has 0 bridgehead atoms. The number of benzene rings is 3. The Bertz CT molecular complexity index is 1250. The SMILES string of the molecule is NC(=O)CNC(=O)c1cc2ccccc2cc1OCCCCN1CCC[C@H](c2ccccc2)[C@H](N)C1=O. The van der Waals surface area contributed by atoms with E-state index in [9.17, 15) is 14.4 Å². The lowest BCUT2D eigenvalue weighted by Gasteiger charge is -2.25. The fourth-order valence-electron chi connectivity index (χ4n) is 4.84. The number of fused-ring (bicyclic) bond motifs is 1. The Labute approximate surface area is 216 Å². The number of rotatable bonds is 10. The number of carbonyl (C=O) groups is 3. The van der Waals surface area contributed by atoms with Crippen molar-refractivity contribution in [3.63, 3.8) is 0 Å². The number of nitrogens with zero attached hydrogens (tertiary/aromatic N) is 1. The van der Waals surface area contributed by atoms with Gasteiger partial charge in [0.2, 0.25) is 11.8 Å². The van der Waals surface area contributed by atoms with E-state index in [0.717, 1.165) is 35.6 Å². The van der Waals surface area contributed by atoms with E-state index in [4.69, 9.17) is 16.2 Å². The standard InChI is InChI=1S/C29H34N4O4/c30-26(34)19-32-28(35)24-17-21-11-4-5-12-22(21)18-25(24)37-16-7-6-14-33-15-8-13-23(27(31)29(33)36)20-9-2-1-3-10-20/h1-5,9-12,17-18,23,27H,6-8,13-16,19,31H2,(H2,30,34)(H,32,35)/t23-,27+/m1/s1. The summed E-state index contributed by atoms with van der Waals surface area (Å²) in [6.45, 7) is 1.45. The molecule has 5 N–H and O–H groups in total. The Balaban J connectivity index is 1.33. The molecule has 8 heteroatoms. The number of nitrogens with two attached hydrogens (primary N) is 2. The van der Waals surface area contributed by atoms with Gasteiger partial charge < -0.3 is 26.4 Å². The molecule has 0 spiro atoms. The van der Waals surface area contributed by atoms with E-state index in [1.165, 1.54) is 0 Å². The molecule has 1 fully saturated rings. The van der Waals surface area contributed by atoms with E-state index in [1.807, 2.05) is 65.6 Å². The molecule has 0 aromatic heterocycles. The van der Waals surface area contributed by atoms with E-state index in [-0.39, 0.29) is 18.4 Å². The topological polar surface area (TPSA) is 128 Å². The molecule has 4 rings (SSSR count). The number of carbonyl (C=O) groups excluding carboxylic acids is 3. The van der Waals surface area contributed by atoms with E-state index in [2.05, 4.69) is 5.32 Å². The Kier molecular flexibility index (Phi) is 8.74. The zero-order valence-electron chi connectivity index (χ0n) is 20.9. The van der Waals surface area contributed by atoms with Crippen LogP contribution in [0.25, 0.3) is 10.8 Å². The highest BCUT2D eigenvalue weighted by molar-refractivity contribution is 6.02. The summed E-state index contributed by atoms with van der Waals surface area (Å²) in [5.74, 6) is -0.560. The second-order valence-corrected chi connectivity index (χ2v) is 9.41. The molecule has 2 atom stereocenters. The van der Waals surface area contributed by atoms with Crippen molar-refractivity contribution in [2.75, 3.05) is 26.2 Å². The Hall–Kier alpha value is -3.91. The molecule has 0 unspecified atom stereocenters. The molecule has 194 valence electrons. The van der Waals surface area contributed by atoms with Crippen molar-refractivity contribution in [2.45, 2.75) is 37.6 Å². The highest BCUT2D eigenvalue weighted by atomic mass is 16.5. The monoisotopic (exact) mass is 502 g/mol. The van der Waals surface area contributed by atoms with Crippen molar-refractivity contribution in [3.8, 4) is 5.75 Å². The summed E-state index contributed by atoms with van der Waals surface area (Å²) in [6.07, 6.45) is 3.26. The zero-order valence-corrected chi connectivity index (χ0v) is 20.9. The van der Waals surface area contributed by atoms with Gasteiger partial charge in [0.15, 0.2) is 0 Å². The highest BCUT2D eigenvalue weighted by Gasteiger charge is 2.32. The molecule has 1 aliphatic rings. The lowest BCUT2D eigenvalue weighted by atomic mass is 9.88. The Morgan fingerprint density at radius 1 is 1.00 bits per heavy atom. The second kappa shape index (κ2) is 12.4. The summed E-state index contributed by atoms with van der Waals surface area (Å²) >= 11 is 0. The van der Waals surface area contributed by atoms with Crippen LogP contribution in [-0.4, -0.2) is 54.9 Å². The summed E-state index contributed by atoms with van der Waals surface area (Å²) in [5.41, 5.74) is 13.0. The van der Waals surface area contributed by atoms with Gasteiger partial charge in [0, 0.05) is 19.0 Å². The van der Waals surface area contributed by atoms with Crippen LogP contribution in [0.2, 0.25) is 0 Å². The van der Waals surface area contributed by atoms with Crippen molar-refractivity contribution in [1.82, 2.24) is 10.2 Å². The summed E-state index contributed by atoms with van der Waals surface area (Å²) in [6, 6.07) is 20.7. The van der Waals surface area contributed by atoms with Crippen molar-refractivity contribution >= 4 is 28.5 Å². The van der Waals surface area contributed by atoms with Gasteiger partial charge in [0.25, 0.3) is 5.91 Å². The molecule has 0 aliphatic carbocycles. The van der Waals surface area contributed by atoms with Crippen molar-refractivity contribution in [2.24, 2.45) is 11.5 Å². The minimum Gasteiger partial charge on any atom is -0.493 e. The quantitative estimate of drug-likeness (QED) is 0.367. The van der Waals surface area contributed by atoms with E-state index in [0.29, 0.717) is 37.4 Å². The molecule has 1 saturated heterocycles. The van der Waals surface area contributed by atoms with Gasteiger partial charge in [-0.15, -0.1) is 0 Å². The van der Waals surface area contributed by atoms with Crippen LogP contribution in [0.3, 0.4) is 0 Å². The third kappa shape index (κ3) is 6.65. The van der Waals surface area contributed by atoms with Gasteiger partial charge >= 0.3 is 0 Å². The van der Waals surface area contributed by atoms with Gasteiger partial charge in [0.1, 0.15) is 5.75 Å². The molecule has 37 heavy (non-hydrogen) atoms. The largest absolute Gasteiger partial charge is 0.493 e. The lowest BCUT2D eigenvalue weighted by molar-refractivity contribution is -0.132. The zero-order chi connectivity index (χ0) is 26.2. The van der Waals surface area contributed by atoms with Crippen LogP contribution < -0.4 is 21.5 Å². The van der Waals surface area contributed by atoms with Crippen LogP contribution in [0.15, 0.2) is 66.7 Å². The van der Waals surface area contributed by atoms with Gasteiger partial charge in [-0.3, -0.25) is 14.4 Å². The molecule has 1 aliphatic heterocycles. The Morgan fingerprint density at radius 3 is 2.43 bits per heavy atom. The first-order valence-corrected chi connectivity index (χ1v) is 12.8. The smallest absolute Gasteiger partial charge is 0.255 e. The molecule has 3 amide bonds. The third-order valence-electron chi connectivity index (χ3n) is 6.80. The lowest BCUT2D eigenvalue weighted by Crippen LogP contribution is -2.45. The van der Waals surface area contributed by atoms with Crippen molar-refractivity contribution in [3.05, 3.63) is 77.9 Å². The van der Waals surface area contributed by atoms with Crippen LogP contribution in [0, 0.1) is 0 Å². The summed E-state index contributed by atoms with van der Waals surface area (Å²) in [7, 11) is 0. The van der Waals surface area contributed by atoms with E-state index >= 15 is 0 Å². The number of unbranched alkanes of at least 4 members (excludes halogenated alkanes) is 1. The maximum Gasteiger partial charge on any atom is 0.255 e. The van der Waals surface area contributed by atoms with Gasteiger partial charge in [-0.25, -0.2) is 0 Å². The van der Waals surface area contributed by atoms with Crippen molar-refractivity contribution < 1.29 is 19.1 Å². The van der Waals surface area contributed by atoms with Gasteiger partial charge in [-0.05, 0) is 54.2 Å². The first kappa shape index (κ1) is 26.2. The fourth-order valence-corrected chi connectivity index (χ4v) is 4.84. The number of ether oxygens (including phenoxy) is 1. The summed E-state index contributed by atoms with van der Waals surface area (Å²) < 4.78 is 6.01. The van der Waals surface area contributed by atoms with Crippen LogP contribution in [0.5, 0.6) is 5.75 Å². The summed E-state index contributed by atoms with van der Waals surface area (Å²) in [4.78, 5) is 38.7. The second-order valence-electron chi connectivity index (χ2n) is 9.41. The van der Waals surface area contributed by atoms with Crippen LogP contribution in [0.1, 0.15) is 47.5 Å². The average molecular weight is 503 g/mol. The third-order valence-corrected chi connectivity index (χ3v) is 6.80. The van der Waals surface area contributed by atoms with Gasteiger partial charge in [-0.2, -0.15) is 0 Å². The molecular weight excluding hydrogens is 468 g/mol. The maximum absolute atomic E-state index is 13.1. The number of likely N-dealkylation sites (tertiary alicyclic amines) is 1. The van der Waals surface area contributed by atoms with Crippen LogP contribution in [0.4, 0.5) is 0 Å². The number of primary amides is 1. The number of amides is 3. The Morgan fingerprint density at radius 2 is 1.70 bits per heavy atom. The fraction of sp³-hybridized carbons (Fsp3) is 0.345. The molecule has 3 aromatic rings. The predicted octanol–water partition coefficient (Wildman–Crippen LogP) is 2.95. The molecule has 1 heterocycles. The average Bonchev–Trinajstić information content (AvgIpc) is 3.05. The molecule has 0 radical (unpaired) electrons. The molecule has 3 aromatic carbocycles. The number of hydrogen-bond acceptors (Lipinski definition) is 5. The maximum atomic E-state index is 13.1. The molecular formula is C29H34N4O4. The van der Waals surface area contributed by atoms with Gasteiger partial charge in [-0.1, -0.05) is 54.6 Å². The number of nitrogens with one attached hydrogen (secondary N) is 1. The first-order valence-electron chi connectivity index (χ1n) is 12.8. The molecule has 8 nitrogen and oxygen atoms in total. The van der Waals surface area contributed by atoms with E-state index < -0.39 is 17.9 Å². The minimum absolute atomic E-state index is 0.00444. The van der Waals surface area contributed by atoms with Crippen LogP contribution in [-0.2, 0) is 9.59 Å².